The minimum atomic E-state index is 0. The minimum Gasteiger partial charge on any atom is -0.367 e. The number of nitrogens with zero attached hydrogens (tertiary/aromatic N) is 1. The van der Waals surface area contributed by atoms with Gasteiger partial charge in [0.05, 0.1) is 0 Å². The van der Waals surface area contributed by atoms with Crippen molar-refractivity contribution in [2.45, 2.75) is 13.0 Å². The summed E-state index contributed by atoms with van der Waals surface area (Å²) >= 11 is 0. The molecule has 0 bridgehead atoms. The van der Waals surface area contributed by atoms with Gasteiger partial charge in [-0.2, -0.15) is 0 Å². The van der Waals surface area contributed by atoms with E-state index in [-0.39, 0.29) is 44.7 Å². The van der Waals surface area contributed by atoms with Crippen LogP contribution in [0.3, 0.4) is 0 Å². The molecule has 0 aliphatic carbocycles. The molecule has 1 saturated heterocycles. The molecule has 1 amide bonds. The number of hydrogen-bond acceptors (Lipinski definition) is 2. The van der Waals surface area contributed by atoms with E-state index in [0.29, 0.717) is 0 Å². The smallest absolute Gasteiger partial charge is 0.367 e. The Hall–Kier alpha value is 0.534. The van der Waals surface area contributed by atoms with E-state index in [1.54, 1.807) is 11.8 Å². The van der Waals surface area contributed by atoms with Crippen molar-refractivity contribution in [2.75, 3.05) is 19.6 Å². The quantitative estimate of drug-likeness (QED) is 0.576. The van der Waals surface area contributed by atoms with E-state index in [1.165, 1.54) is 0 Å². The van der Waals surface area contributed by atoms with Crippen LogP contribution in [-0.2, 0) is 37.5 Å². The zero-order chi connectivity index (χ0) is 7.56. The Bertz CT molecular complexity index is 140. The Kier molecular flexibility index (Phi) is 5.48. The molecule has 3 nitrogen and oxygen atoms in total. The van der Waals surface area contributed by atoms with Gasteiger partial charge in [0.25, 0.3) is 0 Å². The molecule has 1 rings (SSSR count). The molecule has 0 radical (unpaired) electrons. The van der Waals surface area contributed by atoms with Crippen LogP contribution in [0.2, 0.25) is 0 Å². The molecular weight excluding hydrogens is 217 g/mol. The van der Waals surface area contributed by atoms with E-state index >= 15 is 0 Å². The summed E-state index contributed by atoms with van der Waals surface area (Å²) in [7, 11) is 0. The van der Waals surface area contributed by atoms with Crippen LogP contribution in [0, 0.1) is 6.92 Å². The Morgan fingerprint density at radius 3 is 2.73 bits per heavy atom. The van der Waals surface area contributed by atoms with Crippen LogP contribution in [0.15, 0.2) is 0 Å². The topological polar surface area (TPSA) is 32.3 Å². The van der Waals surface area contributed by atoms with Gasteiger partial charge in [0, 0.05) is 20.0 Å². The second-order valence-electron chi connectivity index (χ2n) is 2.57. The molecule has 11 heavy (non-hydrogen) atoms. The second kappa shape index (κ2) is 5.23. The summed E-state index contributed by atoms with van der Waals surface area (Å²) in [6.07, 6.45) is 0. The third-order valence-electron chi connectivity index (χ3n) is 1.75. The van der Waals surface area contributed by atoms with E-state index in [1.807, 2.05) is 0 Å². The first-order valence-corrected chi connectivity index (χ1v) is 3.53. The number of piperazine rings is 1. The van der Waals surface area contributed by atoms with Crippen molar-refractivity contribution in [1.82, 2.24) is 10.2 Å². The van der Waals surface area contributed by atoms with Gasteiger partial charge in [-0.15, -0.1) is 0 Å². The number of carbonyl (C=O) groups is 1. The molecule has 0 saturated carbocycles. The summed E-state index contributed by atoms with van der Waals surface area (Å²) in [4.78, 5) is 12.7. The van der Waals surface area contributed by atoms with Gasteiger partial charge in [0.15, 0.2) is 0 Å². The number of rotatable bonds is 0. The largest absolute Gasteiger partial charge is 3.00 e. The summed E-state index contributed by atoms with van der Waals surface area (Å²) < 4.78 is 0. The third-order valence-corrected chi connectivity index (χ3v) is 1.75. The first-order chi connectivity index (χ1) is 4.72. The van der Waals surface area contributed by atoms with Gasteiger partial charge in [-0.25, -0.2) is 0 Å². The van der Waals surface area contributed by atoms with Crippen LogP contribution < -0.4 is 5.32 Å². The Morgan fingerprint density at radius 2 is 2.36 bits per heavy atom. The van der Waals surface area contributed by atoms with E-state index in [9.17, 15) is 4.79 Å². The molecule has 1 N–H and O–H groups in total. The van der Waals surface area contributed by atoms with Gasteiger partial charge in [-0.1, -0.05) is 6.04 Å². The summed E-state index contributed by atoms with van der Waals surface area (Å²) in [6, 6.07) is 0.117. The van der Waals surface area contributed by atoms with Gasteiger partial charge in [-0.3, -0.25) is 4.79 Å². The van der Waals surface area contributed by atoms with Crippen molar-refractivity contribution in [3.05, 3.63) is 6.92 Å². The third kappa shape index (κ3) is 3.18. The fourth-order valence-corrected chi connectivity index (χ4v) is 1.18. The molecule has 1 unspecified atom stereocenters. The van der Waals surface area contributed by atoms with Gasteiger partial charge >= 0.3 is 32.7 Å². The maximum atomic E-state index is 10.9. The Balaban J connectivity index is 0.000001000. The molecule has 0 aromatic rings. The van der Waals surface area contributed by atoms with Gasteiger partial charge < -0.3 is 17.1 Å². The maximum absolute atomic E-state index is 10.9. The number of nitrogens with one attached hydrogen (secondary N) is 1. The molecular formula is C7H13N2OY+2. The number of hydrogen-bond donors (Lipinski definition) is 1. The summed E-state index contributed by atoms with van der Waals surface area (Å²) in [5.41, 5.74) is 0. The zero-order valence-corrected chi connectivity index (χ0v) is 9.68. The first-order valence-electron chi connectivity index (χ1n) is 3.53. The average molecular weight is 230 g/mol. The van der Waals surface area contributed by atoms with Crippen molar-refractivity contribution >= 4 is 5.91 Å². The molecule has 0 aromatic carbocycles. The second-order valence-corrected chi connectivity index (χ2v) is 2.57. The average Bonchev–Trinajstić information content (AvgIpc) is 1.88. The normalized spacial score (nSPS) is 24.2. The molecule has 1 aliphatic heterocycles. The predicted molar refractivity (Wildman–Crippen MR) is 39.4 cm³/mol. The van der Waals surface area contributed by atoms with E-state index in [0.717, 1.165) is 19.6 Å². The standard InChI is InChI=1S/C7H13N2O.Y/c1-6-5-8-3-4-9(6)7(2)10;/h6,8H,1,3-5H2,2H3;/q-1;+3. The molecule has 1 aliphatic rings. The van der Waals surface area contributed by atoms with Gasteiger partial charge in [-0.05, 0) is 6.54 Å². The fraction of sp³-hybridized carbons (Fsp3) is 0.714. The molecule has 58 valence electrons. The van der Waals surface area contributed by atoms with Crippen molar-refractivity contribution in [3.63, 3.8) is 0 Å². The molecule has 4 heteroatoms. The van der Waals surface area contributed by atoms with E-state index in [2.05, 4.69) is 12.2 Å². The van der Waals surface area contributed by atoms with Crippen LogP contribution in [0.1, 0.15) is 6.92 Å². The van der Waals surface area contributed by atoms with Crippen molar-refractivity contribution < 1.29 is 37.5 Å². The minimum absolute atomic E-state index is 0. The molecule has 0 aromatic heterocycles. The van der Waals surface area contributed by atoms with Crippen LogP contribution in [-0.4, -0.2) is 36.5 Å². The summed E-state index contributed by atoms with van der Waals surface area (Å²) in [5.74, 6) is 0.126. The number of carbonyl (C=O) groups excluding carboxylic acids is 1. The summed E-state index contributed by atoms with van der Waals surface area (Å²) in [5, 5.41) is 3.16. The van der Waals surface area contributed by atoms with Crippen LogP contribution in [0.25, 0.3) is 0 Å². The summed E-state index contributed by atoms with van der Waals surface area (Å²) in [6.45, 7) is 7.94. The molecule has 1 fully saturated rings. The van der Waals surface area contributed by atoms with Crippen molar-refractivity contribution in [2.24, 2.45) is 0 Å². The molecule has 0 spiro atoms. The van der Waals surface area contributed by atoms with Crippen molar-refractivity contribution in [1.29, 1.82) is 0 Å². The number of amides is 1. The Labute approximate surface area is 92.8 Å². The van der Waals surface area contributed by atoms with Crippen molar-refractivity contribution in [3.8, 4) is 0 Å². The maximum Gasteiger partial charge on any atom is 3.00 e. The van der Waals surface area contributed by atoms with E-state index in [4.69, 9.17) is 0 Å². The van der Waals surface area contributed by atoms with Crippen LogP contribution in [0.4, 0.5) is 0 Å². The molecule has 1 heterocycles. The fourth-order valence-electron chi connectivity index (χ4n) is 1.18. The monoisotopic (exact) mass is 230 g/mol. The van der Waals surface area contributed by atoms with Gasteiger partial charge in [0.2, 0.25) is 5.91 Å². The van der Waals surface area contributed by atoms with Crippen LogP contribution in [0.5, 0.6) is 0 Å². The predicted octanol–water partition coefficient (Wildman–Crippen LogP) is -0.362. The van der Waals surface area contributed by atoms with Crippen LogP contribution >= 0.6 is 0 Å². The zero-order valence-electron chi connectivity index (χ0n) is 6.84. The first kappa shape index (κ1) is 11.5. The molecule has 1 atom stereocenters. The Morgan fingerprint density at radius 1 is 1.73 bits per heavy atom. The van der Waals surface area contributed by atoms with Gasteiger partial charge in [0.1, 0.15) is 0 Å². The SMILES string of the molecule is [CH2-]C1CNCCN1C(C)=O.[Y+3]. The van der Waals surface area contributed by atoms with E-state index < -0.39 is 0 Å².